The molecule has 0 unspecified atom stereocenters. The Morgan fingerprint density at radius 2 is 1.67 bits per heavy atom. The molecule has 2 saturated heterocycles. The molecule has 0 saturated carbocycles. The Morgan fingerprint density at radius 3 is 2.37 bits per heavy atom. The van der Waals surface area contributed by atoms with Gasteiger partial charge in [-0.1, -0.05) is 18.2 Å². The SMILES string of the molecule is O=C(NCCN1CCN(c2ccc(F)cc2)CC1)[C@H]1CC(=O)N(c2ccccc2)C1. The smallest absolute Gasteiger partial charge is 0.227 e. The lowest BCUT2D eigenvalue weighted by Gasteiger charge is -2.36. The van der Waals surface area contributed by atoms with Crippen molar-refractivity contribution >= 4 is 23.2 Å². The third-order valence-corrected chi connectivity index (χ3v) is 5.86. The molecule has 0 spiro atoms. The van der Waals surface area contributed by atoms with Gasteiger partial charge >= 0.3 is 0 Å². The van der Waals surface area contributed by atoms with Crippen LogP contribution in [-0.4, -0.2) is 62.5 Å². The van der Waals surface area contributed by atoms with Crippen LogP contribution in [0.5, 0.6) is 0 Å². The predicted molar refractivity (Wildman–Crippen MR) is 115 cm³/mol. The highest BCUT2D eigenvalue weighted by atomic mass is 19.1. The van der Waals surface area contributed by atoms with E-state index < -0.39 is 0 Å². The molecule has 4 rings (SSSR count). The first-order valence-corrected chi connectivity index (χ1v) is 10.5. The number of benzene rings is 2. The molecule has 6 nitrogen and oxygen atoms in total. The van der Waals surface area contributed by atoms with Crippen molar-refractivity contribution in [2.75, 3.05) is 55.6 Å². The number of nitrogens with zero attached hydrogens (tertiary/aromatic N) is 3. The molecule has 2 aromatic carbocycles. The lowest BCUT2D eigenvalue weighted by Crippen LogP contribution is -2.48. The van der Waals surface area contributed by atoms with E-state index in [-0.39, 0.29) is 30.0 Å². The van der Waals surface area contributed by atoms with E-state index >= 15 is 0 Å². The molecular formula is C23H27FN4O2. The van der Waals surface area contributed by atoms with Gasteiger partial charge in [-0.15, -0.1) is 0 Å². The molecule has 0 bridgehead atoms. The molecule has 2 aliphatic rings. The maximum Gasteiger partial charge on any atom is 0.227 e. The lowest BCUT2D eigenvalue weighted by atomic mass is 10.1. The fraction of sp³-hybridized carbons (Fsp3) is 0.391. The van der Waals surface area contributed by atoms with E-state index in [1.807, 2.05) is 42.5 Å². The van der Waals surface area contributed by atoms with E-state index in [1.54, 1.807) is 4.90 Å². The summed E-state index contributed by atoms with van der Waals surface area (Å²) in [5.74, 6) is -0.568. The second-order valence-electron chi connectivity index (χ2n) is 7.84. The van der Waals surface area contributed by atoms with Crippen LogP contribution in [0.2, 0.25) is 0 Å². The van der Waals surface area contributed by atoms with Gasteiger partial charge in [0.2, 0.25) is 11.8 Å². The zero-order valence-electron chi connectivity index (χ0n) is 17.0. The summed E-state index contributed by atoms with van der Waals surface area (Å²) in [6.45, 7) is 5.35. The highest BCUT2D eigenvalue weighted by Crippen LogP contribution is 2.24. The Kier molecular flexibility index (Phi) is 6.28. The number of hydrogen-bond donors (Lipinski definition) is 1. The highest BCUT2D eigenvalue weighted by Gasteiger charge is 2.34. The number of para-hydroxylation sites is 1. The number of anilines is 2. The van der Waals surface area contributed by atoms with Crippen LogP contribution in [-0.2, 0) is 9.59 Å². The van der Waals surface area contributed by atoms with Crippen LogP contribution in [0.1, 0.15) is 6.42 Å². The number of carbonyl (C=O) groups is 2. The van der Waals surface area contributed by atoms with Gasteiger partial charge in [-0.2, -0.15) is 0 Å². The maximum atomic E-state index is 13.1. The molecule has 158 valence electrons. The summed E-state index contributed by atoms with van der Waals surface area (Å²) in [5.41, 5.74) is 1.88. The molecule has 2 fully saturated rings. The minimum Gasteiger partial charge on any atom is -0.369 e. The number of halogens is 1. The average molecular weight is 410 g/mol. The van der Waals surface area contributed by atoms with Gasteiger partial charge in [0, 0.05) is 63.6 Å². The largest absolute Gasteiger partial charge is 0.369 e. The first-order chi connectivity index (χ1) is 14.6. The van der Waals surface area contributed by atoms with E-state index in [0.717, 1.165) is 44.1 Å². The zero-order chi connectivity index (χ0) is 20.9. The molecule has 2 aliphatic heterocycles. The lowest BCUT2D eigenvalue weighted by molar-refractivity contribution is -0.126. The Hall–Kier alpha value is -2.93. The zero-order valence-corrected chi connectivity index (χ0v) is 17.0. The Labute approximate surface area is 176 Å². The minimum absolute atomic E-state index is 0.00161. The molecule has 2 heterocycles. The van der Waals surface area contributed by atoms with Gasteiger partial charge in [-0.05, 0) is 36.4 Å². The van der Waals surface area contributed by atoms with Crippen molar-refractivity contribution < 1.29 is 14.0 Å². The second kappa shape index (κ2) is 9.26. The summed E-state index contributed by atoms with van der Waals surface area (Å²) in [6.07, 6.45) is 0.261. The van der Waals surface area contributed by atoms with Crippen molar-refractivity contribution in [1.29, 1.82) is 0 Å². The highest BCUT2D eigenvalue weighted by molar-refractivity contribution is 6.00. The van der Waals surface area contributed by atoms with Gasteiger partial charge in [0.25, 0.3) is 0 Å². The summed E-state index contributed by atoms with van der Waals surface area (Å²) in [4.78, 5) is 31.1. The van der Waals surface area contributed by atoms with E-state index in [2.05, 4.69) is 15.1 Å². The van der Waals surface area contributed by atoms with Crippen LogP contribution in [0.4, 0.5) is 15.8 Å². The molecule has 7 heteroatoms. The van der Waals surface area contributed by atoms with Crippen molar-refractivity contribution in [3.63, 3.8) is 0 Å². The summed E-state index contributed by atoms with van der Waals surface area (Å²) < 4.78 is 13.1. The van der Waals surface area contributed by atoms with Gasteiger partial charge in [-0.3, -0.25) is 14.5 Å². The summed E-state index contributed by atoms with van der Waals surface area (Å²) >= 11 is 0. The van der Waals surface area contributed by atoms with E-state index in [4.69, 9.17) is 0 Å². The van der Waals surface area contributed by atoms with Gasteiger partial charge in [0.05, 0.1) is 5.92 Å². The van der Waals surface area contributed by atoms with Crippen LogP contribution in [0.3, 0.4) is 0 Å². The number of hydrogen-bond acceptors (Lipinski definition) is 4. The van der Waals surface area contributed by atoms with E-state index in [0.29, 0.717) is 13.1 Å². The predicted octanol–water partition coefficient (Wildman–Crippen LogP) is 2.12. The topological polar surface area (TPSA) is 55.9 Å². The van der Waals surface area contributed by atoms with Crippen molar-refractivity contribution in [3.05, 3.63) is 60.4 Å². The number of carbonyl (C=O) groups excluding carboxylic acids is 2. The summed E-state index contributed by atoms with van der Waals surface area (Å²) in [5, 5.41) is 3.00. The van der Waals surface area contributed by atoms with Gasteiger partial charge in [-0.25, -0.2) is 4.39 Å². The number of amides is 2. The average Bonchev–Trinajstić information content (AvgIpc) is 3.17. The Bertz CT molecular complexity index is 867. The minimum atomic E-state index is -0.298. The van der Waals surface area contributed by atoms with E-state index in [1.165, 1.54) is 12.1 Å². The number of rotatable bonds is 6. The Morgan fingerprint density at radius 1 is 0.967 bits per heavy atom. The van der Waals surface area contributed by atoms with Crippen LogP contribution in [0.15, 0.2) is 54.6 Å². The summed E-state index contributed by atoms with van der Waals surface area (Å²) in [6, 6.07) is 16.1. The fourth-order valence-electron chi connectivity index (χ4n) is 4.10. The third kappa shape index (κ3) is 4.79. The molecule has 1 atom stereocenters. The second-order valence-corrected chi connectivity index (χ2v) is 7.84. The van der Waals surface area contributed by atoms with Crippen molar-refractivity contribution in [3.8, 4) is 0 Å². The Balaban J connectivity index is 1.18. The van der Waals surface area contributed by atoms with Gasteiger partial charge in [0.15, 0.2) is 0 Å². The van der Waals surface area contributed by atoms with Crippen molar-refractivity contribution in [1.82, 2.24) is 10.2 Å². The molecule has 2 amide bonds. The van der Waals surface area contributed by atoms with Gasteiger partial charge in [0.1, 0.15) is 5.82 Å². The van der Waals surface area contributed by atoms with Crippen molar-refractivity contribution in [2.45, 2.75) is 6.42 Å². The van der Waals surface area contributed by atoms with Crippen LogP contribution in [0, 0.1) is 11.7 Å². The molecule has 0 aliphatic carbocycles. The standard InChI is InChI=1S/C23H27FN4O2/c24-19-6-8-20(9-7-19)27-14-12-26(13-15-27)11-10-25-23(30)18-16-22(29)28(17-18)21-4-2-1-3-5-21/h1-9,18H,10-17H2,(H,25,30)/t18-/m0/s1. The van der Waals surface area contributed by atoms with Crippen LogP contribution in [0.25, 0.3) is 0 Å². The van der Waals surface area contributed by atoms with Crippen LogP contribution >= 0.6 is 0 Å². The molecule has 0 aromatic heterocycles. The normalized spacial score (nSPS) is 19.9. The third-order valence-electron chi connectivity index (χ3n) is 5.86. The van der Waals surface area contributed by atoms with Crippen LogP contribution < -0.4 is 15.1 Å². The summed E-state index contributed by atoms with van der Waals surface area (Å²) in [7, 11) is 0. The van der Waals surface area contributed by atoms with E-state index in [9.17, 15) is 14.0 Å². The maximum absolute atomic E-state index is 13.1. The monoisotopic (exact) mass is 410 g/mol. The molecule has 1 N–H and O–H groups in total. The molecule has 0 radical (unpaired) electrons. The first kappa shape index (κ1) is 20.3. The van der Waals surface area contributed by atoms with Crippen molar-refractivity contribution in [2.24, 2.45) is 5.92 Å². The number of nitrogens with one attached hydrogen (secondary N) is 1. The van der Waals surface area contributed by atoms with Gasteiger partial charge < -0.3 is 15.1 Å². The molecule has 30 heavy (non-hydrogen) atoms. The number of piperazine rings is 1. The fourth-order valence-corrected chi connectivity index (χ4v) is 4.10. The molecular weight excluding hydrogens is 383 g/mol. The first-order valence-electron chi connectivity index (χ1n) is 10.5. The molecule has 2 aromatic rings. The quantitative estimate of drug-likeness (QED) is 0.793.